The van der Waals surface area contributed by atoms with Crippen molar-refractivity contribution in [2.45, 2.75) is 37.5 Å². The summed E-state index contributed by atoms with van der Waals surface area (Å²) < 4.78 is 42.7. The average molecular weight is 240 g/mol. The molecule has 90 valence electrons. The molecule has 0 amide bonds. The van der Waals surface area contributed by atoms with Crippen LogP contribution in [0.2, 0.25) is 6.32 Å². The first-order chi connectivity index (χ1) is 8.00. The molecule has 0 spiro atoms. The molecule has 5 heteroatoms. The largest absolute Gasteiger partial charge is 0.416 e. The summed E-state index contributed by atoms with van der Waals surface area (Å²) in [5, 5.41) is 0. The molecule has 2 radical (unpaired) electrons. The lowest BCUT2D eigenvalue weighted by Gasteiger charge is -2.14. The van der Waals surface area contributed by atoms with Crippen LogP contribution in [0.1, 0.15) is 30.1 Å². The monoisotopic (exact) mass is 240 g/mol. The molecule has 2 unspecified atom stereocenters. The van der Waals surface area contributed by atoms with E-state index in [1.165, 1.54) is 12.1 Å². The van der Waals surface area contributed by atoms with Gasteiger partial charge in [0.05, 0.1) is 25.6 Å². The second kappa shape index (κ2) is 4.73. The lowest BCUT2D eigenvalue weighted by molar-refractivity contribution is -0.137. The van der Waals surface area contributed by atoms with Crippen LogP contribution >= 0.6 is 0 Å². The molecule has 0 aromatic heterocycles. The molecule has 0 N–H and O–H groups in total. The number of benzene rings is 1. The fourth-order valence-electron chi connectivity index (χ4n) is 2.01. The van der Waals surface area contributed by atoms with Gasteiger partial charge in [0.15, 0.2) is 0 Å². The molecule has 2 rings (SSSR count). The topological polar surface area (TPSA) is 9.23 Å². The number of halogens is 3. The van der Waals surface area contributed by atoms with E-state index in [-0.39, 0.29) is 12.2 Å². The molecule has 0 aliphatic carbocycles. The second-order valence-corrected chi connectivity index (χ2v) is 4.18. The molecule has 1 aliphatic heterocycles. The molecule has 1 aromatic rings. The van der Waals surface area contributed by atoms with Crippen molar-refractivity contribution < 1.29 is 17.9 Å². The standard InChI is InChI=1S/C12H12BF3O/c13-7-10-5-6-11(17-10)8-1-3-9(4-2-8)12(14,15)16/h1-4,10-11H,5-7H2. The lowest BCUT2D eigenvalue weighted by Crippen LogP contribution is -2.07. The van der Waals surface area contributed by atoms with Crippen molar-refractivity contribution in [3.05, 3.63) is 35.4 Å². The molecular formula is C12H12BF3O. The zero-order valence-electron chi connectivity index (χ0n) is 9.20. The predicted molar refractivity (Wildman–Crippen MR) is 58.9 cm³/mol. The van der Waals surface area contributed by atoms with Crippen molar-refractivity contribution in [1.29, 1.82) is 0 Å². The maximum absolute atomic E-state index is 12.4. The van der Waals surface area contributed by atoms with E-state index in [1.807, 2.05) is 0 Å². The molecule has 0 saturated carbocycles. The Morgan fingerprint density at radius 1 is 1.18 bits per heavy atom. The third-order valence-electron chi connectivity index (χ3n) is 2.98. The van der Waals surface area contributed by atoms with E-state index in [2.05, 4.69) is 0 Å². The van der Waals surface area contributed by atoms with Crippen molar-refractivity contribution in [3.63, 3.8) is 0 Å². The van der Waals surface area contributed by atoms with Crippen molar-refractivity contribution in [3.8, 4) is 0 Å². The van der Waals surface area contributed by atoms with Gasteiger partial charge in [0.1, 0.15) is 0 Å². The van der Waals surface area contributed by atoms with Gasteiger partial charge in [-0.1, -0.05) is 18.5 Å². The summed E-state index contributed by atoms with van der Waals surface area (Å²) in [7, 11) is 5.48. The maximum atomic E-state index is 12.4. The van der Waals surface area contributed by atoms with Crippen molar-refractivity contribution in [2.75, 3.05) is 0 Å². The molecule has 1 heterocycles. The first-order valence-electron chi connectivity index (χ1n) is 5.53. The third kappa shape index (κ3) is 2.83. The first-order valence-corrected chi connectivity index (χ1v) is 5.53. The normalized spacial score (nSPS) is 25.1. The Balaban J connectivity index is 2.09. The predicted octanol–water partition coefficient (Wildman–Crippen LogP) is 3.51. The smallest absolute Gasteiger partial charge is 0.371 e. The van der Waals surface area contributed by atoms with Gasteiger partial charge in [0.2, 0.25) is 0 Å². The Morgan fingerprint density at radius 2 is 1.82 bits per heavy atom. The van der Waals surface area contributed by atoms with Crippen LogP contribution in [0.25, 0.3) is 0 Å². The quantitative estimate of drug-likeness (QED) is 0.718. The molecule has 17 heavy (non-hydrogen) atoms. The average Bonchev–Trinajstić information content (AvgIpc) is 2.76. The molecular weight excluding hydrogens is 228 g/mol. The molecule has 1 nitrogen and oxygen atoms in total. The SMILES string of the molecule is [B]CC1CCC(c2ccc(C(F)(F)F)cc2)O1. The Morgan fingerprint density at radius 3 is 2.29 bits per heavy atom. The second-order valence-electron chi connectivity index (χ2n) is 4.18. The first kappa shape index (κ1) is 12.5. The Bertz CT molecular complexity index is 374. The van der Waals surface area contributed by atoms with Gasteiger partial charge in [-0.2, -0.15) is 13.2 Å². The number of alkyl halides is 3. The summed E-state index contributed by atoms with van der Waals surface area (Å²) in [6.07, 6.45) is -2.24. The van der Waals surface area contributed by atoms with E-state index >= 15 is 0 Å². The van der Waals surface area contributed by atoms with E-state index in [9.17, 15) is 13.2 Å². The third-order valence-corrected chi connectivity index (χ3v) is 2.98. The van der Waals surface area contributed by atoms with Gasteiger partial charge >= 0.3 is 6.18 Å². The van der Waals surface area contributed by atoms with Crippen molar-refractivity contribution >= 4 is 7.85 Å². The minimum absolute atomic E-state index is 0.0299. The molecule has 0 bridgehead atoms. The zero-order valence-corrected chi connectivity index (χ0v) is 9.20. The van der Waals surface area contributed by atoms with Crippen LogP contribution < -0.4 is 0 Å². The highest BCUT2D eigenvalue weighted by Crippen LogP contribution is 2.35. The van der Waals surface area contributed by atoms with Crippen molar-refractivity contribution in [1.82, 2.24) is 0 Å². The summed E-state index contributed by atoms with van der Waals surface area (Å²) in [6, 6.07) is 5.14. The highest BCUT2D eigenvalue weighted by Gasteiger charge is 2.31. The van der Waals surface area contributed by atoms with Gasteiger partial charge < -0.3 is 4.74 Å². The fourth-order valence-corrected chi connectivity index (χ4v) is 2.01. The van der Waals surface area contributed by atoms with Crippen LogP contribution in [0.15, 0.2) is 24.3 Å². The Hall–Kier alpha value is -0.965. The molecule has 1 aliphatic rings. The van der Waals surface area contributed by atoms with Gasteiger partial charge in [-0.3, -0.25) is 0 Å². The van der Waals surface area contributed by atoms with Crippen molar-refractivity contribution in [2.24, 2.45) is 0 Å². The number of ether oxygens (including phenoxy) is 1. The lowest BCUT2D eigenvalue weighted by atomic mass is 9.97. The van der Waals surface area contributed by atoms with Crippen LogP contribution in [-0.2, 0) is 10.9 Å². The Labute approximate surface area is 99.4 Å². The maximum Gasteiger partial charge on any atom is 0.416 e. The number of hydrogen-bond acceptors (Lipinski definition) is 1. The fraction of sp³-hybridized carbons (Fsp3) is 0.500. The summed E-state index contributed by atoms with van der Waals surface area (Å²) in [5.41, 5.74) is 0.156. The molecule has 1 aromatic carbocycles. The van der Waals surface area contributed by atoms with Crippen LogP contribution in [0, 0.1) is 0 Å². The van der Waals surface area contributed by atoms with Gasteiger partial charge in [0, 0.05) is 0 Å². The number of rotatable bonds is 2. The van der Waals surface area contributed by atoms with Gasteiger partial charge in [-0.25, -0.2) is 0 Å². The minimum Gasteiger partial charge on any atom is -0.371 e. The van der Waals surface area contributed by atoms with E-state index in [1.54, 1.807) is 0 Å². The van der Waals surface area contributed by atoms with Gasteiger partial charge in [-0.15, -0.1) is 0 Å². The van der Waals surface area contributed by atoms with Gasteiger partial charge in [-0.05, 0) is 30.5 Å². The summed E-state index contributed by atoms with van der Waals surface area (Å²) in [4.78, 5) is 0. The van der Waals surface area contributed by atoms with Gasteiger partial charge in [0.25, 0.3) is 0 Å². The summed E-state index contributed by atoms with van der Waals surface area (Å²) in [6.45, 7) is 0. The molecule has 1 fully saturated rings. The zero-order chi connectivity index (χ0) is 12.5. The Kier molecular flexibility index (Phi) is 3.47. The minimum atomic E-state index is -4.28. The van der Waals surface area contributed by atoms with Crippen LogP contribution in [0.5, 0.6) is 0 Å². The highest BCUT2D eigenvalue weighted by molar-refractivity contribution is 6.08. The van der Waals surface area contributed by atoms with E-state index in [4.69, 9.17) is 12.6 Å². The number of hydrogen-bond donors (Lipinski definition) is 0. The summed E-state index contributed by atoms with van der Waals surface area (Å²) >= 11 is 0. The van der Waals surface area contributed by atoms with Crippen LogP contribution in [-0.4, -0.2) is 14.0 Å². The summed E-state index contributed by atoms with van der Waals surface area (Å²) in [5.74, 6) is 0. The molecule has 2 atom stereocenters. The van der Waals surface area contributed by atoms with E-state index < -0.39 is 11.7 Å². The highest BCUT2D eigenvalue weighted by atomic mass is 19.4. The van der Waals surface area contributed by atoms with E-state index in [0.717, 1.165) is 30.5 Å². The van der Waals surface area contributed by atoms with Crippen LogP contribution in [0.3, 0.4) is 0 Å². The molecule has 1 saturated heterocycles. The van der Waals surface area contributed by atoms with Crippen LogP contribution in [0.4, 0.5) is 13.2 Å². The van der Waals surface area contributed by atoms with E-state index in [0.29, 0.717) is 6.32 Å².